The number of hydrogen-bond acceptors (Lipinski definition) is 3. The van der Waals surface area contributed by atoms with E-state index in [0.29, 0.717) is 5.02 Å². The minimum absolute atomic E-state index is 0.149. The average Bonchev–Trinajstić information content (AvgIpc) is 2.31. The zero-order chi connectivity index (χ0) is 13.5. The molecule has 0 aromatic heterocycles. The number of phenolic OH excluding ortho intramolecular Hbond substituents is 1. The molecule has 0 aliphatic heterocycles. The van der Waals surface area contributed by atoms with Crippen LogP contribution in [0.2, 0.25) is 5.02 Å². The molecule has 0 saturated carbocycles. The van der Waals surface area contributed by atoms with Crippen LogP contribution in [0, 0.1) is 0 Å². The number of nitrogens with zero attached hydrogens (tertiary/aromatic N) is 2. The van der Waals surface area contributed by atoms with Crippen LogP contribution >= 0.6 is 11.6 Å². The topological polar surface area (TPSA) is 26.7 Å². The highest BCUT2D eigenvalue weighted by atomic mass is 35.5. The molecular formula is C14H23ClN2O. The summed E-state index contributed by atoms with van der Waals surface area (Å²) < 4.78 is 0. The van der Waals surface area contributed by atoms with Gasteiger partial charge in [0.15, 0.2) is 0 Å². The summed E-state index contributed by atoms with van der Waals surface area (Å²) in [6.45, 7) is 6.23. The molecule has 0 amide bonds. The lowest BCUT2D eigenvalue weighted by Gasteiger charge is -2.23. The number of phenols is 1. The number of benzene rings is 1. The summed E-state index contributed by atoms with van der Waals surface area (Å²) in [5.74, 6) is 0.149. The third kappa shape index (κ3) is 5.25. The Labute approximate surface area is 115 Å². The number of aromatic hydroxyl groups is 1. The van der Waals surface area contributed by atoms with Crippen LogP contribution in [0.1, 0.15) is 18.9 Å². The maximum absolute atomic E-state index is 9.41. The number of likely N-dealkylation sites (N-methyl/N-ethyl adjacent to an activating group) is 1. The summed E-state index contributed by atoms with van der Waals surface area (Å²) in [6, 6.07) is 5.43. The fourth-order valence-corrected chi connectivity index (χ4v) is 2.04. The highest BCUT2D eigenvalue weighted by Gasteiger charge is 2.07. The van der Waals surface area contributed by atoms with Gasteiger partial charge in [-0.25, -0.2) is 0 Å². The smallest absolute Gasteiger partial charge is 0.134 e. The zero-order valence-corrected chi connectivity index (χ0v) is 12.2. The van der Waals surface area contributed by atoms with Gasteiger partial charge in [0.2, 0.25) is 0 Å². The summed E-state index contributed by atoms with van der Waals surface area (Å²) >= 11 is 5.93. The second-order valence-electron chi connectivity index (χ2n) is 4.87. The molecule has 0 saturated heterocycles. The van der Waals surface area contributed by atoms with Gasteiger partial charge >= 0.3 is 0 Å². The summed E-state index contributed by atoms with van der Waals surface area (Å²) in [4.78, 5) is 4.59. The van der Waals surface area contributed by atoms with Gasteiger partial charge in [-0.15, -0.1) is 0 Å². The molecule has 1 aromatic carbocycles. The van der Waals surface area contributed by atoms with Crippen LogP contribution in [0.3, 0.4) is 0 Å². The summed E-state index contributed by atoms with van der Waals surface area (Å²) in [5.41, 5.74) is 1.14. The molecule has 0 bridgehead atoms. The van der Waals surface area contributed by atoms with E-state index in [2.05, 4.69) is 30.8 Å². The van der Waals surface area contributed by atoms with Crippen molar-refractivity contribution in [2.45, 2.75) is 19.9 Å². The molecule has 1 N–H and O–H groups in total. The molecule has 0 spiro atoms. The van der Waals surface area contributed by atoms with Crippen LogP contribution in [0.25, 0.3) is 0 Å². The first-order valence-corrected chi connectivity index (χ1v) is 6.75. The molecular weight excluding hydrogens is 248 g/mol. The molecule has 0 fully saturated rings. The quantitative estimate of drug-likeness (QED) is 0.825. The van der Waals surface area contributed by atoms with Crippen molar-refractivity contribution in [2.24, 2.45) is 0 Å². The second kappa shape index (κ2) is 7.62. The summed E-state index contributed by atoms with van der Waals surface area (Å²) in [7, 11) is 4.17. The van der Waals surface area contributed by atoms with Crippen molar-refractivity contribution in [2.75, 3.05) is 33.7 Å². The van der Waals surface area contributed by atoms with Crippen molar-refractivity contribution in [1.29, 1.82) is 0 Å². The maximum Gasteiger partial charge on any atom is 0.134 e. The van der Waals surface area contributed by atoms with Crippen molar-refractivity contribution in [1.82, 2.24) is 9.80 Å². The van der Waals surface area contributed by atoms with E-state index in [9.17, 15) is 5.11 Å². The second-order valence-corrected chi connectivity index (χ2v) is 5.27. The van der Waals surface area contributed by atoms with Crippen molar-refractivity contribution in [3.63, 3.8) is 0 Å². The number of hydrogen-bond donors (Lipinski definition) is 1. The third-order valence-electron chi connectivity index (χ3n) is 2.82. The maximum atomic E-state index is 9.41. The Morgan fingerprint density at radius 1 is 1.17 bits per heavy atom. The molecule has 0 aliphatic rings. The van der Waals surface area contributed by atoms with E-state index in [0.717, 1.165) is 38.2 Å². The molecule has 1 rings (SSSR count). The molecule has 0 radical (unpaired) electrons. The van der Waals surface area contributed by atoms with E-state index in [1.54, 1.807) is 6.07 Å². The molecule has 0 heterocycles. The van der Waals surface area contributed by atoms with Crippen LogP contribution in [0.5, 0.6) is 5.75 Å². The fraction of sp³-hybridized carbons (Fsp3) is 0.571. The Kier molecular flexibility index (Phi) is 6.47. The van der Waals surface area contributed by atoms with Crippen LogP contribution in [-0.2, 0) is 6.54 Å². The first-order valence-electron chi connectivity index (χ1n) is 6.37. The fourth-order valence-electron chi connectivity index (χ4n) is 1.83. The Morgan fingerprint density at radius 3 is 2.44 bits per heavy atom. The molecule has 102 valence electrons. The summed E-state index contributed by atoms with van der Waals surface area (Å²) in [6.07, 6.45) is 1.14. The standard InChI is InChI=1S/C14H23ClN2O/c1-4-7-17(9-8-16(2)3)11-12-5-6-14(18)13(15)10-12/h5-6,10,18H,4,7-9,11H2,1-3H3. The molecule has 0 atom stereocenters. The minimum Gasteiger partial charge on any atom is -0.506 e. The van der Waals surface area contributed by atoms with Crippen LogP contribution in [0.15, 0.2) is 18.2 Å². The lowest BCUT2D eigenvalue weighted by Crippen LogP contribution is -2.32. The molecule has 18 heavy (non-hydrogen) atoms. The van der Waals surface area contributed by atoms with Gasteiger partial charge in [-0.3, -0.25) is 4.90 Å². The SMILES string of the molecule is CCCN(CCN(C)C)Cc1ccc(O)c(Cl)c1. The first kappa shape index (κ1) is 15.3. The Morgan fingerprint density at radius 2 is 1.89 bits per heavy atom. The Bertz CT molecular complexity index is 369. The monoisotopic (exact) mass is 270 g/mol. The number of rotatable bonds is 7. The predicted molar refractivity (Wildman–Crippen MR) is 77.2 cm³/mol. The number of halogens is 1. The largest absolute Gasteiger partial charge is 0.506 e. The summed E-state index contributed by atoms with van der Waals surface area (Å²) in [5, 5.41) is 9.83. The van der Waals surface area contributed by atoms with Gasteiger partial charge in [0.1, 0.15) is 5.75 Å². The van der Waals surface area contributed by atoms with Gasteiger partial charge in [0.25, 0.3) is 0 Å². The van der Waals surface area contributed by atoms with Gasteiger partial charge in [-0.1, -0.05) is 24.6 Å². The highest BCUT2D eigenvalue weighted by Crippen LogP contribution is 2.24. The van der Waals surface area contributed by atoms with E-state index in [1.165, 1.54) is 0 Å². The van der Waals surface area contributed by atoms with E-state index in [1.807, 2.05) is 12.1 Å². The van der Waals surface area contributed by atoms with E-state index in [-0.39, 0.29) is 5.75 Å². The van der Waals surface area contributed by atoms with Crippen LogP contribution in [-0.4, -0.2) is 48.6 Å². The Hall–Kier alpha value is -0.770. The van der Waals surface area contributed by atoms with Gasteiger partial charge in [0.05, 0.1) is 5.02 Å². The van der Waals surface area contributed by atoms with Crippen molar-refractivity contribution in [3.8, 4) is 5.75 Å². The Balaban J connectivity index is 2.61. The van der Waals surface area contributed by atoms with Crippen molar-refractivity contribution >= 4 is 11.6 Å². The first-order chi connectivity index (χ1) is 8.52. The van der Waals surface area contributed by atoms with Gasteiger partial charge in [0, 0.05) is 19.6 Å². The van der Waals surface area contributed by atoms with Crippen LogP contribution in [0.4, 0.5) is 0 Å². The van der Waals surface area contributed by atoms with Gasteiger partial charge in [-0.05, 0) is 44.8 Å². The highest BCUT2D eigenvalue weighted by molar-refractivity contribution is 6.32. The lowest BCUT2D eigenvalue weighted by atomic mass is 10.2. The predicted octanol–water partition coefficient (Wildman–Crippen LogP) is 2.82. The van der Waals surface area contributed by atoms with E-state index >= 15 is 0 Å². The zero-order valence-electron chi connectivity index (χ0n) is 11.5. The molecule has 3 nitrogen and oxygen atoms in total. The molecule has 0 aliphatic carbocycles. The van der Waals surface area contributed by atoms with E-state index in [4.69, 9.17) is 11.6 Å². The van der Waals surface area contributed by atoms with Crippen LogP contribution < -0.4 is 0 Å². The average molecular weight is 271 g/mol. The van der Waals surface area contributed by atoms with Crippen molar-refractivity contribution in [3.05, 3.63) is 28.8 Å². The molecule has 4 heteroatoms. The van der Waals surface area contributed by atoms with Crippen molar-refractivity contribution < 1.29 is 5.11 Å². The van der Waals surface area contributed by atoms with E-state index < -0.39 is 0 Å². The molecule has 1 aromatic rings. The normalized spacial score (nSPS) is 11.4. The minimum atomic E-state index is 0.149. The van der Waals surface area contributed by atoms with Gasteiger partial charge < -0.3 is 10.0 Å². The third-order valence-corrected chi connectivity index (χ3v) is 3.12. The van der Waals surface area contributed by atoms with Gasteiger partial charge in [-0.2, -0.15) is 0 Å². The molecule has 0 unspecified atom stereocenters. The lowest BCUT2D eigenvalue weighted by molar-refractivity contribution is 0.234.